The van der Waals surface area contributed by atoms with Gasteiger partial charge in [0.05, 0.1) is 16.4 Å². The number of halogens is 1. The highest BCUT2D eigenvalue weighted by atomic mass is 79.9. The molecule has 2 amide bonds. The SMILES string of the molecule is CCCOc1ccc(Br)cc1/C=C1/SC(=S)N(NC(=O)c2cccs2)C1=O. The Morgan fingerprint density at radius 2 is 2.22 bits per heavy atom. The van der Waals surface area contributed by atoms with Crippen LogP contribution in [0.4, 0.5) is 0 Å². The van der Waals surface area contributed by atoms with Crippen molar-refractivity contribution >= 4 is 73.5 Å². The van der Waals surface area contributed by atoms with E-state index in [1.807, 2.05) is 25.1 Å². The Hall–Kier alpha value is -1.68. The normalized spacial score (nSPS) is 15.5. The summed E-state index contributed by atoms with van der Waals surface area (Å²) in [6.45, 7) is 2.61. The number of hydrogen-bond acceptors (Lipinski definition) is 6. The van der Waals surface area contributed by atoms with Crippen LogP contribution in [-0.2, 0) is 4.79 Å². The van der Waals surface area contributed by atoms with Crippen LogP contribution in [0.1, 0.15) is 28.6 Å². The molecule has 1 aliphatic rings. The lowest BCUT2D eigenvalue weighted by atomic mass is 10.2. The van der Waals surface area contributed by atoms with Crippen molar-refractivity contribution in [3.63, 3.8) is 0 Å². The number of carbonyl (C=O) groups is 2. The zero-order valence-electron chi connectivity index (χ0n) is 14.2. The van der Waals surface area contributed by atoms with Crippen LogP contribution in [0.3, 0.4) is 0 Å². The largest absolute Gasteiger partial charge is 0.493 e. The molecule has 0 radical (unpaired) electrons. The standard InChI is InChI=1S/C18H15BrN2O3S3/c1-2-7-24-13-6-5-12(19)9-11(13)10-15-17(23)21(18(25)27-15)20-16(22)14-4-3-8-26-14/h3-6,8-10H,2,7H2,1H3,(H,20,22)/b15-10+. The topological polar surface area (TPSA) is 58.6 Å². The molecule has 9 heteroatoms. The average molecular weight is 483 g/mol. The number of hydrazine groups is 1. The predicted octanol–water partition coefficient (Wildman–Crippen LogP) is 4.85. The van der Waals surface area contributed by atoms with E-state index in [1.165, 1.54) is 11.3 Å². The third-order valence-corrected chi connectivity index (χ3v) is 6.14. The van der Waals surface area contributed by atoms with Crippen LogP contribution < -0.4 is 10.2 Å². The summed E-state index contributed by atoms with van der Waals surface area (Å²) in [5.74, 6) is -0.0405. The van der Waals surface area contributed by atoms with Crippen LogP contribution in [0.15, 0.2) is 45.1 Å². The third-order valence-electron chi connectivity index (χ3n) is 3.47. The summed E-state index contributed by atoms with van der Waals surface area (Å²) in [6, 6.07) is 9.07. The lowest BCUT2D eigenvalue weighted by molar-refractivity contribution is -0.123. The second-order valence-electron chi connectivity index (χ2n) is 5.47. The van der Waals surface area contributed by atoms with Crippen LogP contribution in [0, 0.1) is 0 Å². The molecule has 0 unspecified atom stereocenters. The number of carbonyl (C=O) groups excluding carboxylic acids is 2. The molecule has 0 spiro atoms. The Morgan fingerprint density at radius 3 is 2.93 bits per heavy atom. The van der Waals surface area contributed by atoms with E-state index in [0.717, 1.165) is 33.2 Å². The molecule has 2 aromatic rings. The van der Waals surface area contributed by atoms with E-state index in [0.29, 0.717) is 22.1 Å². The lowest BCUT2D eigenvalue weighted by Crippen LogP contribution is -2.44. The van der Waals surface area contributed by atoms with E-state index >= 15 is 0 Å². The van der Waals surface area contributed by atoms with Gasteiger partial charge in [0.1, 0.15) is 5.75 Å². The Bertz CT molecular complexity index is 913. The smallest absolute Gasteiger partial charge is 0.285 e. The fraction of sp³-hybridized carbons (Fsp3) is 0.167. The van der Waals surface area contributed by atoms with Crippen LogP contribution >= 0.6 is 51.2 Å². The Kier molecular flexibility index (Phi) is 6.69. The molecule has 3 rings (SSSR count). The fourth-order valence-corrected chi connectivity index (χ4v) is 4.41. The van der Waals surface area contributed by atoms with E-state index in [-0.39, 0.29) is 16.1 Å². The van der Waals surface area contributed by atoms with Crippen molar-refractivity contribution in [3.05, 3.63) is 55.5 Å². The highest BCUT2D eigenvalue weighted by Gasteiger charge is 2.34. The number of benzene rings is 1. The van der Waals surface area contributed by atoms with E-state index in [4.69, 9.17) is 17.0 Å². The van der Waals surface area contributed by atoms with Crippen molar-refractivity contribution in [1.82, 2.24) is 10.4 Å². The summed E-state index contributed by atoms with van der Waals surface area (Å²) in [6.07, 6.45) is 2.61. The van der Waals surface area contributed by atoms with E-state index in [1.54, 1.807) is 23.6 Å². The molecular formula is C18H15BrN2O3S3. The second-order valence-corrected chi connectivity index (χ2v) is 9.01. The first kappa shape index (κ1) is 20.1. The quantitative estimate of drug-likeness (QED) is 0.471. The molecule has 0 aliphatic carbocycles. The first-order valence-corrected chi connectivity index (χ1v) is 10.9. The van der Waals surface area contributed by atoms with Crippen LogP contribution in [0.2, 0.25) is 0 Å². The first-order valence-electron chi connectivity index (χ1n) is 8.04. The minimum absolute atomic E-state index is 0.280. The molecular weight excluding hydrogens is 468 g/mol. The van der Waals surface area contributed by atoms with Crippen LogP contribution in [0.25, 0.3) is 6.08 Å². The zero-order chi connectivity index (χ0) is 19.4. The van der Waals surface area contributed by atoms with Crippen molar-refractivity contribution in [2.45, 2.75) is 13.3 Å². The molecule has 0 atom stereocenters. The molecule has 2 heterocycles. The number of amides is 2. The summed E-state index contributed by atoms with van der Waals surface area (Å²) < 4.78 is 6.91. The van der Waals surface area contributed by atoms with Gasteiger partial charge in [0.15, 0.2) is 4.32 Å². The van der Waals surface area contributed by atoms with E-state index < -0.39 is 0 Å². The maximum absolute atomic E-state index is 12.7. The van der Waals surface area contributed by atoms with E-state index in [2.05, 4.69) is 21.4 Å². The molecule has 0 bridgehead atoms. The predicted molar refractivity (Wildman–Crippen MR) is 117 cm³/mol. The molecule has 1 aliphatic heterocycles. The molecule has 1 saturated heterocycles. The minimum Gasteiger partial charge on any atom is -0.493 e. The molecule has 1 N–H and O–H groups in total. The fourth-order valence-electron chi connectivity index (χ4n) is 2.25. The number of ether oxygens (including phenoxy) is 1. The summed E-state index contributed by atoms with van der Waals surface area (Å²) in [7, 11) is 0. The highest BCUT2D eigenvalue weighted by Crippen LogP contribution is 2.34. The molecule has 0 saturated carbocycles. The third kappa shape index (κ3) is 4.78. The van der Waals surface area contributed by atoms with Gasteiger partial charge in [-0.2, -0.15) is 5.01 Å². The monoisotopic (exact) mass is 482 g/mol. The number of thiocarbonyl (C=S) groups is 1. The van der Waals surface area contributed by atoms with Gasteiger partial charge in [-0.1, -0.05) is 40.7 Å². The molecule has 140 valence electrons. The molecule has 1 aromatic heterocycles. The van der Waals surface area contributed by atoms with Crippen LogP contribution in [-0.4, -0.2) is 27.8 Å². The van der Waals surface area contributed by atoms with Crippen molar-refractivity contribution in [1.29, 1.82) is 0 Å². The Labute approximate surface area is 178 Å². The van der Waals surface area contributed by atoms with Crippen molar-refractivity contribution < 1.29 is 14.3 Å². The van der Waals surface area contributed by atoms with Gasteiger partial charge in [0, 0.05) is 10.0 Å². The summed E-state index contributed by atoms with van der Waals surface area (Å²) in [5, 5.41) is 2.91. The van der Waals surface area contributed by atoms with Crippen molar-refractivity contribution in [3.8, 4) is 5.75 Å². The number of thiophene rings is 1. The van der Waals surface area contributed by atoms with Gasteiger partial charge in [-0.3, -0.25) is 15.0 Å². The Morgan fingerprint density at radius 1 is 1.41 bits per heavy atom. The summed E-state index contributed by atoms with van der Waals surface area (Å²) >= 11 is 11.1. The minimum atomic E-state index is -0.365. The molecule has 27 heavy (non-hydrogen) atoms. The summed E-state index contributed by atoms with van der Waals surface area (Å²) in [4.78, 5) is 25.9. The van der Waals surface area contributed by atoms with Crippen molar-refractivity contribution in [2.75, 3.05) is 6.61 Å². The first-order chi connectivity index (χ1) is 13.0. The van der Waals surface area contributed by atoms with Gasteiger partial charge in [-0.25, -0.2) is 0 Å². The van der Waals surface area contributed by atoms with Crippen LogP contribution in [0.5, 0.6) is 5.75 Å². The van der Waals surface area contributed by atoms with Gasteiger partial charge < -0.3 is 4.74 Å². The van der Waals surface area contributed by atoms with E-state index in [9.17, 15) is 9.59 Å². The average Bonchev–Trinajstić information content (AvgIpc) is 3.26. The maximum atomic E-state index is 12.7. The highest BCUT2D eigenvalue weighted by molar-refractivity contribution is 9.10. The number of thioether (sulfide) groups is 1. The molecule has 1 fully saturated rings. The lowest BCUT2D eigenvalue weighted by Gasteiger charge is -2.14. The second kappa shape index (κ2) is 9.01. The van der Waals surface area contributed by atoms with Gasteiger partial charge in [-0.15, -0.1) is 11.3 Å². The zero-order valence-corrected chi connectivity index (χ0v) is 18.3. The van der Waals surface area contributed by atoms with Gasteiger partial charge in [0.25, 0.3) is 11.8 Å². The summed E-state index contributed by atoms with van der Waals surface area (Å²) in [5.41, 5.74) is 3.34. The van der Waals surface area contributed by atoms with Gasteiger partial charge in [-0.05, 0) is 54.4 Å². The molecule has 5 nitrogen and oxygen atoms in total. The van der Waals surface area contributed by atoms with Gasteiger partial charge in [0.2, 0.25) is 0 Å². The Balaban J connectivity index is 1.82. The number of nitrogens with one attached hydrogen (secondary N) is 1. The molecule has 1 aromatic carbocycles. The van der Waals surface area contributed by atoms with Gasteiger partial charge >= 0.3 is 0 Å². The number of rotatable bonds is 6. The van der Waals surface area contributed by atoms with Crippen molar-refractivity contribution in [2.24, 2.45) is 0 Å². The number of hydrogen-bond donors (Lipinski definition) is 1. The number of nitrogens with zero attached hydrogens (tertiary/aromatic N) is 1. The maximum Gasteiger partial charge on any atom is 0.285 e.